The second-order valence-corrected chi connectivity index (χ2v) is 2.28. The van der Waals surface area contributed by atoms with Crippen LogP contribution in [0.4, 0.5) is 0 Å². The lowest BCUT2D eigenvalue weighted by atomic mass is 10.2. The van der Waals surface area contributed by atoms with Crippen LogP contribution in [-0.4, -0.2) is 17.7 Å². The van der Waals surface area contributed by atoms with Crippen LogP contribution in [0, 0.1) is 0 Å². The van der Waals surface area contributed by atoms with Gasteiger partial charge in [0.25, 0.3) is 0 Å². The van der Waals surface area contributed by atoms with Crippen molar-refractivity contribution in [3.05, 3.63) is 12.0 Å². The number of rotatable bonds is 1. The molecule has 0 aromatic heterocycles. The highest BCUT2D eigenvalue weighted by Crippen LogP contribution is 2.08. The predicted octanol–water partition coefficient (Wildman–Crippen LogP) is 0.0965. The first-order valence-corrected chi connectivity index (χ1v) is 3.17. The number of aliphatic hydroxyl groups excluding tert-OH is 1. The van der Waals surface area contributed by atoms with Gasteiger partial charge in [0.15, 0.2) is 0 Å². The minimum absolute atomic E-state index is 0.218. The van der Waals surface area contributed by atoms with Gasteiger partial charge in [-0.15, -0.1) is 0 Å². The second kappa shape index (κ2) is 2.73. The lowest BCUT2D eigenvalue weighted by Gasteiger charge is -2.07. The molecule has 52 valence electrons. The Kier molecular flexibility index (Phi) is 1.95. The van der Waals surface area contributed by atoms with E-state index < -0.39 is 0 Å². The number of hydrogen-bond acceptors (Lipinski definition) is 3. The minimum atomic E-state index is 0.218. The fraction of sp³-hybridized carbons (Fsp3) is 0.667. The fourth-order valence-electron chi connectivity index (χ4n) is 1.06. The smallest absolute Gasteiger partial charge is 0.0995 e. The molecule has 0 aromatic carbocycles. The molecule has 1 aliphatic heterocycles. The van der Waals surface area contributed by atoms with Gasteiger partial charge in [-0.2, -0.15) is 0 Å². The molecule has 0 amide bonds. The lowest BCUT2D eigenvalue weighted by Crippen LogP contribution is -2.27. The Morgan fingerprint density at radius 1 is 1.78 bits per heavy atom. The van der Waals surface area contributed by atoms with Gasteiger partial charge < -0.3 is 16.2 Å². The summed E-state index contributed by atoms with van der Waals surface area (Å²) in [6.07, 6.45) is 3.17. The normalized spacial score (nSPS) is 28.9. The van der Waals surface area contributed by atoms with Crippen molar-refractivity contribution in [2.45, 2.75) is 18.9 Å². The molecule has 1 aliphatic rings. The summed E-state index contributed by atoms with van der Waals surface area (Å²) in [5.41, 5.74) is 5.98. The third-order valence-corrected chi connectivity index (χ3v) is 1.61. The van der Waals surface area contributed by atoms with Crippen molar-refractivity contribution >= 4 is 0 Å². The summed E-state index contributed by atoms with van der Waals surface area (Å²) in [4.78, 5) is 0. The van der Waals surface area contributed by atoms with Gasteiger partial charge in [-0.3, -0.25) is 0 Å². The molecule has 0 bridgehead atoms. The van der Waals surface area contributed by atoms with E-state index >= 15 is 0 Å². The standard InChI is InChI=1S/C6H12N2O/c7-5(4-9)6-2-1-3-8-6/h4,6,8-9H,1-3,7H2/t6-/m0/s1. The summed E-state index contributed by atoms with van der Waals surface area (Å²) in [5, 5.41) is 11.6. The van der Waals surface area contributed by atoms with Gasteiger partial charge in [0.2, 0.25) is 0 Å². The van der Waals surface area contributed by atoms with Gasteiger partial charge in [0.1, 0.15) is 0 Å². The van der Waals surface area contributed by atoms with Crippen LogP contribution in [0.3, 0.4) is 0 Å². The summed E-state index contributed by atoms with van der Waals surface area (Å²) in [6, 6.07) is 0.218. The van der Waals surface area contributed by atoms with E-state index in [2.05, 4.69) is 5.32 Å². The van der Waals surface area contributed by atoms with Crippen LogP contribution in [0.1, 0.15) is 12.8 Å². The molecule has 1 fully saturated rings. The third-order valence-electron chi connectivity index (χ3n) is 1.61. The van der Waals surface area contributed by atoms with Gasteiger partial charge in [-0.25, -0.2) is 0 Å². The Balaban J connectivity index is 2.42. The van der Waals surface area contributed by atoms with Crippen molar-refractivity contribution in [1.29, 1.82) is 0 Å². The maximum Gasteiger partial charge on any atom is 0.0995 e. The molecule has 0 saturated carbocycles. The zero-order chi connectivity index (χ0) is 6.69. The average molecular weight is 128 g/mol. The van der Waals surface area contributed by atoms with E-state index in [0.29, 0.717) is 5.70 Å². The first-order chi connectivity index (χ1) is 4.34. The fourth-order valence-corrected chi connectivity index (χ4v) is 1.06. The Bertz CT molecular complexity index is 116. The molecule has 3 heteroatoms. The first-order valence-electron chi connectivity index (χ1n) is 3.17. The highest BCUT2D eigenvalue weighted by atomic mass is 16.2. The Morgan fingerprint density at radius 3 is 3.00 bits per heavy atom. The summed E-state index contributed by atoms with van der Waals surface area (Å²) in [5.74, 6) is 0. The van der Waals surface area contributed by atoms with Crippen molar-refractivity contribution in [3.8, 4) is 0 Å². The van der Waals surface area contributed by atoms with Crippen LogP contribution in [0.5, 0.6) is 0 Å². The molecule has 4 N–H and O–H groups in total. The van der Waals surface area contributed by atoms with Crippen LogP contribution in [0.25, 0.3) is 0 Å². The van der Waals surface area contributed by atoms with Crippen molar-refractivity contribution in [1.82, 2.24) is 5.32 Å². The highest BCUT2D eigenvalue weighted by molar-refractivity contribution is 5.04. The Hall–Kier alpha value is -0.700. The third kappa shape index (κ3) is 1.36. The summed E-state index contributed by atoms with van der Waals surface area (Å²) < 4.78 is 0. The monoisotopic (exact) mass is 128 g/mol. The molecule has 1 atom stereocenters. The molecular formula is C6H12N2O. The molecule has 1 rings (SSSR count). The molecule has 1 saturated heterocycles. The molecule has 0 aromatic rings. The summed E-state index contributed by atoms with van der Waals surface area (Å²) >= 11 is 0. The van der Waals surface area contributed by atoms with Crippen molar-refractivity contribution in [2.24, 2.45) is 5.73 Å². The van der Waals surface area contributed by atoms with Gasteiger partial charge in [0.05, 0.1) is 12.0 Å². The minimum Gasteiger partial charge on any atom is -0.514 e. The van der Waals surface area contributed by atoms with Gasteiger partial charge in [-0.05, 0) is 19.4 Å². The molecule has 0 aliphatic carbocycles. The van der Waals surface area contributed by atoms with Gasteiger partial charge in [-0.1, -0.05) is 0 Å². The number of nitrogens with one attached hydrogen (secondary N) is 1. The number of aliphatic hydroxyl groups is 1. The Morgan fingerprint density at radius 2 is 2.56 bits per heavy atom. The Labute approximate surface area is 54.6 Å². The highest BCUT2D eigenvalue weighted by Gasteiger charge is 2.15. The molecule has 9 heavy (non-hydrogen) atoms. The zero-order valence-corrected chi connectivity index (χ0v) is 5.30. The molecule has 3 nitrogen and oxygen atoms in total. The summed E-state index contributed by atoms with van der Waals surface area (Å²) in [6.45, 7) is 1.01. The van der Waals surface area contributed by atoms with E-state index in [9.17, 15) is 0 Å². The van der Waals surface area contributed by atoms with Gasteiger partial charge in [0, 0.05) is 6.04 Å². The van der Waals surface area contributed by atoms with E-state index in [-0.39, 0.29) is 6.04 Å². The van der Waals surface area contributed by atoms with Crippen LogP contribution >= 0.6 is 0 Å². The van der Waals surface area contributed by atoms with Crippen molar-refractivity contribution in [3.63, 3.8) is 0 Å². The first kappa shape index (κ1) is 6.42. The van der Waals surface area contributed by atoms with Crippen LogP contribution in [0.15, 0.2) is 12.0 Å². The second-order valence-electron chi connectivity index (χ2n) is 2.28. The topological polar surface area (TPSA) is 58.3 Å². The quantitative estimate of drug-likeness (QED) is 0.439. The van der Waals surface area contributed by atoms with E-state index in [1.165, 1.54) is 0 Å². The van der Waals surface area contributed by atoms with Crippen LogP contribution < -0.4 is 11.1 Å². The molecule has 0 spiro atoms. The number of hydrogen-bond donors (Lipinski definition) is 3. The molecule has 0 unspecified atom stereocenters. The largest absolute Gasteiger partial charge is 0.514 e. The molecule has 1 heterocycles. The van der Waals surface area contributed by atoms with E-state index in [1.54, 1.807) is 0 Å². The van der Waals surface area contributed by atoms with Gasteiger partial charge >= 0.3 is 0 Å². The zero-order valence-electron chi connectivity index (χ0n) is 5.30. The molecule has 0 radical (unpaired) electrons. The summed E-state index contributed by atoms with van der Waals surface area (Å²) in [7, 11) is 0. The van der Waals surface area contributed by atoms with E-state index in [1.807, 2.05) is 0 Å². The predicted molar refractivity (Wildman–Crippen MR) is 35.9 cm³/mol. The van der Waals surface area contributed by atoms with E-state index in [4.69, 9.17) is 10.8 Å². The SMILES string of the molecule is NC(=CO)[C@@H]1CCCN1. The number of nitrogens with two attached hydrogens (primary N) is 1. The maximum atomic E-state index is 8.47. The maximum absolute atomic E-state index is 8.47. The van der Waals surface area contributed by atoms with Crippen LogP contribution in [0.2, 0.25) is 0 Å². The molecular weight excluding hydrogens is 116 g/mol. The van der Waals surface area contributed by atoms with E-state index in [0.717, 1.165) is 25.6 Å². The van der Waals surface area contributed by atoms with Crippen molar-refractivity contribution in [2.75, 3.05) is 6.54 Å². The lowest BCUT2D eigenvalue weighted by molar-refractivity contribution is 0.456. The average Bonchev–Trinajstić information content (AvgIpc) is 2.37. The van der Waals surface area contributed by atoms with Crippen molar-refractivity contribution < 1.29 is 5.11 Å². The van der Waals surface area contributed by atoms with Crippen LogP contribution in [-0.2, 0) is 0 Å².